The van der Waals surface area contributed by atoms with E-state index in [-0.39, 0.29) is 0 Å². The zero-order chi connectivity index (χ0) is 11.8. The van der Waals surface area contributed by atoms with Crippen LogP contribution in [0.1, 0.15) is 0 Å². The molecule has 0 saturated heterocycles. The Morgan fingerprint density at radius 1 is 1.06 bits per heavy atom. The molecule has 0 fully saturated rings. The first-order valence-corrected chi connectivity index (χ1v) is 5.94. The number of fused-ring (bicyclic) bond motifs is 1. The molecule has 17 heavy (non-hydrogen) atoms. The number of halogens is 1. The molecular formula is C13H9BrN2O. The molecule has 0 atom stereocenters. The lowest BCUT2D eigenvalue weighted by Gasteiger charge is -1.97. The third-order valence-corrected chi connectivity index (χ3v) is 3.14. The largest absolute Gasteiger partial charge is 0.399 e. The Kier molecular flexibility index (Phi) is 2.37. The summed E-state index contributed by atoms with van der Waals surface area (Å²) < 4.78 is 6.31. The zero-order valence-corrected chi connectivity index (χ0v) is 10.4. The third-order valence-electron chi connectivity index (χ3n) is 2.61. The summed E-state index contributed by atoms with van der Waals surface area (Å²) in [5.41, 5.74) is 9.06. The minimum Gasteiger partial charge on any atom is -0.399 e. The Hall–Kier alpha value is -1.81. The van der Waals surface area contributed by atoms with Gasteiger partial charge in [-0.3, -0.25) is 0 Å². The van der Waals surface area contributed by atoms with Crippen LogP contribution in [0.5, 0.6) is 0 Å². The molecule has 0 saturated carbocycles. The van der Waals surface area contributed by atoms with Crippen LogP contribution in [0.15, 0.2) is 51.5 Å². The molecule has 1 heterocycles. The van der Waals surface area contributed by atoms with Gasteiger partial charge in [-0.15, -0.1) is 0 Å². The van der Waals surface area contributed by atoms with E-state index < -0.39 is 0 Å². The molecule has 84 valence electrons. The number of hydrogen-bond donors (Lipinski definition) is 1. The Morgan fingerprint density at radius 3 is 2.59 bits per heavy atom. The molecule has 0 aliphatic heterocycles. The topological polar surface area (TPSA) is 52.0 Å². The molecule has 0 aliphatic carbocycles. The van der Waals surface area contributed by atoms with Crippen molar-refractivity contribution in [2.24, 2.45) is 0 Å². The van der Waals surface area contributed by atoms with Crippen molar-refractivity contribution in [1.82, 2.24) is 5.16 Å². The predicted octanol–water partition coefficient (Wildman–Crippen LogP) is 3.84. The van der Waals surface area contributed by atoms with Crippen LogP contribution in [-0.2, 0) is 0 Å². The molecule has 3 rings (SSSR count). The first kappa shape index (κ1) is 10.4. The van der Waals surface area contributed by atoms with Gasteiger partial charge in [0.2, 0.25) is 0 Å². The molecule has 0 bridgehead atoms. The Bertz CT molecular complexity index is 673. The average Bonchev–Trinajstić information content (AvgIpc) is 2.73. The van der Waals surface area contributed by atoms with Gasteiger partial charge in [-0.2, -0.15) is 0 Å². The predicted molar refractivity (Wildman–Crippen MR) is 71.6 cm³/mol. The number of hydrogen-bond acceptors (Lipinski definition) is 3. The van der Waals surface area contributed by atoms with Gasteiger partial charge in [-0.1, -0.05) is 33.2 Å². The van der Waals surface area contributed by atoms with Crippen LogP contribution in [0.2, 0.25) is 0 Å². The minimum atomic E-state index is 0.707. The lowest BCUT2D eigenvalue weighted by Crippen LogP contribution is -1.83. The summed E-state index contributed by atoms with van der Waals surface area (Å²) in [6.45, 7) is 0. The van der Waals surface area contributed by atoms with E-state index in [1.807, 2.05) is 36.4 Å². The van der Waals surface area contributed by atoms with Crippen molar-refractivity contribution in [1.29, 1.82) is 0 Å². The van der Waals surface area contributed by atoms with E-state index >= 15 is 0 Å². The molecule has 3 aromatic rings. The summed E-state index contributed by atoms with van der Waals surface area (Å²) in [5, 5.41) is 5.03. The Morgan fingerprint density at radius 2 is 1.82 bits per heavy atom. The highest BCUT2D eigenvalue weighted by atomic mass is 79.9. The van der Waals surface area contributed by atoms with E-state index in [1.54, 1.807) is 6.07 Å². The fraction of sp³-hybridized carbons (Fsp3) is 0. The molecule has 0 amide bonds. The van der Waals surface area contributed by atoms with Gasteiger partial charge >= 0.3 is 0 Å². The maximum Gasteiger partial charge on any atom is 0.167 e. The van der Waals surface area contributed by atoms with Crippen LogP contribution in [0.3, 0.4) is 0 Å². The fourth-order valence-electron chi connectivity index (χ4n) is 1.77. The monoisotopic (exact) mass is 288 g/mol. The summed E-state index contributed by atoms with van der Waals surface area (Å²) in [4.78, 5) is 0. The van der Waals surface area contributed by atoms with Gasteiger partial charge in [0.05, 0.1) is 5.39 Å². The van der Waals surface area contributed by atoms with Crippen LogP contribution in [0.25, 0.3) is 22.2 Å². The highest BCUT2D eigenvalue weighted by Gasteiger charge is 2.10. The van der Waals surface area contributed by atoms with Crippen LogP contribution in [-0.4, -0.2) is 5.16 Å². The Balaban J connectivity index is 2.23. The average molecular weight is 289 g/mol. The number of benzene rings is 2. The van der Waals surface area contributed by atoms with Crippen LogP contribution >= 0.6 is 15.9 Å². The smallest absolute Gasteiger partial charge is 0.167 e. The van der Waals surface area contributed by atoms with E-state index in [0.29, 0.717) is 5.69 Å². The van der Waals surface area contributed by atoms with Gasteiger partial charge in [-0.25, -0.2) is 0 Å². The molecule has 0 radical (unpaired) electrons. The second kappa shape index (κ2) is 3.89. The van der Waals surface area contributed by atoms with Crippen molar-refractivity contribution in [3.05, 3.63) is 46.9 Å². The van der Waals surface area contributed by atoms with Gasteiger partial charge in [-0.05, 0) is 30.3 Å². The summed E-state index contributed by atoms with van der Waals surface area (Å²) in [5.74, 6) is 0. The Labute approximate surface area is 106 Å². The first-order valence-electron chi connectivity index (χ1n) is 5.15. The number of rotatable bonds is 1. The van der Waals surface area contributed by atoms with E-state index in [4.69, 9.17) is 10.3 Å². The standard InChI is InChI=1S/C13H9BrN2O/c14-9-3-1-8(2-4-9)13-11-7-10(15)5-6-12(11)17-16-13/h1-7H,15H2. The van der Waals surface area contributed by atoms with E-state index in [2.05, 4.69) is 21.1 Å². The molecule has 4 heteroatoms. The summed E-state index contributed by atoms with van der Waals surface area (Å²) >= 11 is 3.41. The van der Waals surface area contributed by atoms with Crippen molar-refractivity contribution in [3.63, 3.8) is 0 Å². The van der Waals surface area contributed by atoms with E-state index in [0.717, 1.165) is 26.7 Å². The van der Waals surface area contributed by atoms with Crippen molar-refractivity contribution in [2.45, 2.75) is 0 Å². The van der Waals surface area contributed by atoms with Gasteiger partial charge in [0, 0.05) is 15.7 Å². The summed E-state index contributed by atoms with van der Waals surface area (Å²) in [6.07, 6.45) is 0. The molecule has 0 unspecified atom stereocenters. The zero-order valence-electron chi connectivity index (χ0n) is 8.85. The summed E-state index contributed by atoms with van der Waals surface area (Å²) in [6, 6.07) is 13.4. The van der Waals surface area contributed by atoms with Crippen LogP contribution in [0.4, 0.5) is 5.69 Å². The van der Waals surface area contributed by atoms with Crippen LogP contribution < -0.4 is 5.73 Å². The highest BCUT2D eigenvalue weighted by Crippen LogP contribution is 2.29. The lowest BCUT2D eigenvalue weighted by atomic mass is 10.1. The molecule has 0 spiro atoms. The van der Waals surface area contributed by atoms with Gasteiger partial charge in [0.1, 0.15) is 5.69 Å². The fourth-order valence-corrected chi connectivity index (χ4v) is 2.04. The number of nitrogens with two attached hydrogens (primary N) is 1. The molecular weight excluding hydrogens is 280 g/mol. The van der Waals surface area contributed by atoms with Gasteiger partial charge in [0.25, 0.3) is 0 Å². The first-order chi connectivity index (χ1) is 8.24. The van der Waals surface area contributed by atoms with Gasteiger partial charge in [0.15, 0.2) is 5.58 Å². The maximum atomic E-state index is 5.78. The number of nitrogen functional groups attached to an aromatic ring is 1. The van der Waals surface area contributed by atoms with Crippen LogP contribution in [0, 0.1) is 0 Å². The lowest BCUT2D eigenvalue weighted by molar-refractivity contribution is 0.459. The second-order valence-corrected chi connectivity index (χ2v) is 4.71. The molecule has 3 nitrogen and oxygen atoms in total. The number of anilines is 1. The SMILES string of the molecule is Nc1ccc2onc(-c3ccc(Br)cc3)c2c1. The number of aromatic nitrogens is 1. The molecule has 1 aromatic heterocycles. The second-order valence-electron chi connectivity index (χ2n) is 3.79. The number of nitrogens with zero attached hydrogens (tertiary/aromatic N) is 1. The summed E-state index contributed by atoms with van der Waals surface area (Å²) in [7, 11) is 0. The van der Waals surface area contributed by atoms with E-state index in [1.165, 1.54) is 0 Å². The maximum absolute atomic E-state index is 5.78. The quantitative estimate of drug-likeness (QED) is 0.692. The van der Waals surface area contributed by atoms with E-state index in [9.17, 15) is 0 Å². The van der Waals surface area contributed by atoms with Gasteiger partial charge < -0.3 is 10.3 Å². The van der Waals surface area contributed by atoms with Crippen molar-refractivity contribution in [3.8, 4) is 11.3 Å². The minimum absolute atomic E-state index is 0.707. The molecule has 2 aromatic carbocycles. The molecule has 0 aliphatic rings. The normalized spacial score (nSPS) is 10.9. The van der Waals surface area contributed by atoms with Crippen molar-refractivity contribution in [2.75, 3.05) is 5.73 Å². The van der Waals surface area contributed by atoms with Crippen molar-refractivity contribution < 1.29 is 4.52 Å². The van der Waals surface area contributed by atoms with Crippen molar-refractivity contribution >= 4 is 32.6 Å². The highest BCUT2D eigenvalue weighted by molar-refractivity contribution is 9.10. The molecule has 2 N–H and O–H groups in total. The third kappa shape index (κ3) is 1.80.